The van der Waals surface area contributed by atoms with Gasteiger partial charge in [-0.3, -0.25) is 14.8 Å². The molecule has 0 unspecified atom stereocenters. The summed E-state index contributed by atoms with van der Waals surface area (Å²) in [7, 11) is 0. The van der Waals surface area contributed by atoms with Crippen LogP contribution in [0.25, 0.3) is 10.9 Å². The summed E-state index contributed by atoms with van der Waals surface area (Å²) in [5.41, 5.74) is 1.82. The number of H-pyrrole nitrogens is 1. The van der Waals surface area contributed by atoms with Gasteiger partial charge in [0.1, 0.15) is 17.4 Å². The number of amides is 1. The number of fused-ring (bicyclic) bond motifs is 1. The van der Waals surface area contributed by atoms with Gasteiger partial charge >= 0.3 is 0 Å². The summed E-state index contributed by atoms with van der Waals surface area (Å²) in [6, 6.07) is 9.44. The zero-order valence-electron chi connectivity index (χ0n) is 14.8. The highest BCUT2D eigenvalue weighted by molar-refractivity contribution is 6.32. The second-order valence-corrected chi connectivity index (χ2v) is 7.46. The van der Waals surface area contributed by atoms with Gasteiger partial charge in [-0.2, -0.15) is 10.4 Å². The second kappa shape index (κ2) is 5.81. The van der Waals surface area contributed by atoms with Crippen molar-refractivity contribution in [3.05, 3.63) is 59.8 Å². The summed E-state index contributed by atoms with van der Waals surface area (Å²) >= 11 is 6.15. The van der Waals surface area contributed by atoms with E-state index in [4.69, 9.17) is 16.9 Å². The Bertz CT molecular complexity index is 1190. The molecule has 5 rings (SSSR count). The Hall–Kier alpha value is -3.37. The van der Waals surface area contributed by atoms with Crippen molar-refractivity contribution in [3.63, 3.8) is 0 Å². The molecule has 0 atom stereocenters. The van der Waals surface area contributed by atoms with Gasteiger partial charge in [0, 0.05) is 11.1 Å². The van der Waals surface area contributed by atoms with Gasteiger partial charge in [0.15, 0.2) is 5.69 Å². The van der Waals surface area contributed by atoms with Crippen LogP contribution >= 0.6 is 11.6 Å². The molecule has 138 valence electrons. The SMILES string of the molecule is C=C1N(c2cnc(C#N)c(Cl)c2)C(=O)C2(CCC2)N1c1ccc2[nH]ncc2c1. The summed E-state index contributed by atoms with van der Waals surface area (Å²) in [5, 5.41) is 17.2. The van der Waals surface area contributed by atoms with Crippen LogP contribution in [0, 0.1) is 11.3 Å². The van der Waals surface area contributed by atoms with E-state index in [0.717, 1.165) is 35.9 Å². The number of benzene rings is 1. The highest BCUT2D eigenvalue weighted by Crippen LogP contribution is 2.50. The first-order valence-electron chi connectivity index (χ1n) is 8.88. The van der Waals surface area contributed by atoms with Gasteiger partial charge in [0.2, 0.25) is 0 Å². The lowest BCUT2D eigenvalue weighted by molar-refractivity contribution is -0.123. The Kier molecular flexibility index (Phi) is 3.48. The van der Waals surface area contributed by atoms with Crippen LogP contribution in [0.4, 0.5) is 11.4 Å². The minimum Gasteiger partial charge on any atom is -0.313 e. The monoisotopic (exact) mass is 390 g/mol. The quantitative estimate of drug-likeness (QED) is 0.720. The van der Waals surface area contributed by atoms with E-state index in [0.29, 0.717) is 11.5 Å². The number of halogens is 1. The molecule has 1 saturated heterocycles. The van der Waals surface area contributed by atoms with Crippen molar-refractivity contribution in [1.29, 1.82) is 5.26 Å². The molecule has 1 aliphatic heterocycles. The molecule has 1 amide bonds. The van der Waals surface area contributed by atoms with Gasteiger partial charge in [-0.25, -0.2) is 4.98 Å². The molecule has 1 saturated carbocycles. The number of nitrogens with one attached hydrogen (secondary N) is 1. The Balaban J connectivity index is 1.62. The number of nitriles is 1. The van der Waals surface area contributed by atoms with Crippen LogP contribution in [0.2, 0.25) is 5.02 Å². The van der Waals surface area contributed by atoms with Crippen molar-refractivity contribution in [2.45, 2.75) is 24.8 Å². The van der Waals surface area contributed by atoms with E-state index in [2.05, 4.69) is 21.8 Å². The molecule has 8 heteroatoms. The van der Waals surface area contributed by atoms with Gasteiger partial charge in [0.25, 0.3) is 5.91 Å². The summed E-state index contributed by atoms with van der Waals surface area (Å²) in [6.07, 6.45) is 5.73. The Morgan fingerprint density at radius 1 is 1.25 bits per heavy atom. The van der Waals surface area contributed by atoms with Crippen molar-refractivity contribution in [1.82, 2.24) is 15.2 Å². The number of carbonyl (C=O) groups is 1. The highest BCUT2D eigenvalue weighted by atomic mass is 35.5. The van der Waals surface area contributed by atoms with Crippen LogP contribution in [-0.2, 0) is 4.79 Å². The molecule has 1 N–H and O–H groups in total. The predicted molar refractivity (Wildman–Crippen MR) is 106 cm³/mol. The van der Waals surface area contributed by atoms with Crippen LogP contribution in [0.15, 0.2) is 49.1 Å². The number of carbonyl (C=O) groups excluding carboxylic acids is 1. The fraction of sp³-hybridized carbons (Fsp3) is 0.200. The molecule has 28 heavy (non-hydrogen) atoms. The summed E-state index contributed by atoms with van der Waals surface area (Å²) < 4.78 is 0. The normalized spacial score (nSPS) is 18.0. The van der Waals surface area contributed by atoms with Gasteiger partial charge < -0.3 is 4.90 Å². The smallest absolute Gasteiger partial charge is 0.259 e. The molecular weight excluding hydrogens is 376 g/mol. The Labute approximate surface area is 165 Å². The maximum Gasteiger partial charge on any atom is 0.259 e. The van der Waals surface area contributed by atoms with Crippen LogP contribution < -0.4 is 9.80 Å². The van der Waals surface area contributed by atoms with E-state index in [1.165, 1.54) is 6.20 Å². The van der Waals surface area contributed by atoms with Crippen molar-refractivity contribution < 1.29 is 4.79 Å². The number of aromatic nitrogens is 3. The van der Waals surface area contributed by atoms with Crippen molar-refractivity contribution in [2.24, 2.45) is 0 Å². The number of nitrogens with zero attached hydrogens (tertiary/aromatic N) is 5. The second-order valence-electron chi connectivity index (χ2n) is 7.05. The average molecular weight is 391 g/mol. The number of pyridine rings is 1. The molecule has 2 aliphatic rings. The first kappa shape index (κ1) is 16.8. The van der Waals surface area contributed by atoms with Crippen molar-refractivity contribution in [3.8, 4) is 6.07 Å². The van der Waals surface area contributed by atoms with Gasteiger partial charge in [-0.15, -0.1) is 0 Å². The number of anilines is 2. The standard InChI is InChI=1S/C20H15ClN6O/c1-12-26(15-8-16(21)18(9-22)23-11-15)19(28)20(5-2-6-20)27(12)14-3-4-17-13(7-14)10-24-25-17/h3-4,7-8,10-11H,1-2,5-6H2,(H,24,25). The molecule has 3 heterocycles. The first-order valence-corrected chi connectivity index (χ1v) is 9.25. The van der Waals surface area contributed by atoms with Gasteiger partial charge in [-0.05, 0) is 43.5 Å². The maximum atomic E-state index is 13.5. The third-order valence-corrected chi connectivity index (χ3v) is 5.89. The molecule has 1 aromatic carbocycles. The first-order chi connectivity index (χ1) is 13.5. The lowest BCUT2D eigenvalue weighted by atomic mass is 9.75. The van der Waals surface area contributed by atoms with Crippen molar-refractivity contribution in [2.75, 3.05) is 9.80 Å². The zero-order chi connectivity index (χ0) is 19.5. The third kappa shape index (κ3) is 2.12. The third-order valence-electron chi connectivity index (χ3n) is 5.60. The lowest BCUT2D eigenvalue weighted by Crippen LogP contribution is -2.54. The van der Waals surface area contributed by atoms with Crippen LogP contribution in [0.5, 0.6) is 0 Å². The molecule has 0 radical (unpaired) electrons. The Morgan fingerprint density at radius 3 is 2.75 bits per heavy atom. The van der Waals surface area contributed by atoms with E-state index in [-0.39, 0.29) is 16.6 Å². The zero-order valence-corrected chi connectivity index (χ0v) is 15.6. The van der Waals surface area contributed by atoms with E-state index < -0.39 is 5.54 Å². The molecular formula is C20H15ClN6O. The fourth-order valence-corrected chi connectivity index (χ4v) is 4.28. The number of rotatable bonds is 2. The van der Waals surface area contributed by atoms with Crippen LogP contribution in [0.1, 0.15) is 25.0 Å². The van der Waals surface area contributed by atoms with Crippen LogP contribution in [-0.4, -0.2) is 26.6 Å². The van der Waals surface area contributed by atoms with Gasteiger partial charge in [-0.1, -0.05) is 18.2 Å². The largest absolute Gasteiger partial charge is 0.313 e. The van der Waals surface area contributed by atoms with Crippen molar-refractivity contribution >= 4 is 39.8 Å². The summed E-state index contributed by atoms with van der Waals surface area (Å²) in [5.74, 6) is 0.508. The van der Waals surface area contributed by atoms with Gasteiger partial charge in [0.05, 0.1) is 28.6 Å². The molecule has 1 spiro atoms. The molecule has 0 bridgehead atoms. The molecule has 3 aromatic rings. The van der Waals surface area contributed by atoms with E-state index in [1.807, 2.05) is 29.2 Å². The minimum absolute atomic E-state index is 0.0429. The molecule has 1 aliphatic carbocycles. The predicted octanol–water partition coefficient (Wildman–Crippen LogP) is 3.73. The molecule has 7 nitrogen and oxygen atoms in total. The highest BCUT2D eigenvalue weighted by Gasteiger charge is 2.58. The minimum atomic E-state index is -0.644. The fourth-order valence-electron chi connectivity index (χ4n) is 4.08. The average Bonchev–Trinajstić information content (AvgIpc) is 3.20. The number of hydrogen-bond donors (Lipinski definition) is 1. The maximum absolute atomic E-state index is 13.5. The molecule has 2 fully saturated rings. The van der Waals surface area contributed by atoms with E-state index >= 15 is 0 Å². The van der Waals surface area contributed by atoms with E-state index in [9.17, 15) is 4.79 Å². The topological polar surface area (TPSA) is 88.9 Å². The number of aromatic amines is 1. The van der Waals surface area contributed by atoms with Crippen LogP contribution in [0.3, 0.4) is 0 Å². The number of hydrogen-bond acceptors (Lipinski definition) is 5. The lowest BCUT2D eigenvalue weighted by Gasteiger charge is -2.43. The summed E-state index contributed by atoms with van der Waals surface area (Å²) in [4.78, 5) is 21.1. The van der Waals surface area contributed by atoms with E-state index in [1.54, 1.807) is 17.2 Å². The molecule has 2 aromatic heterocycles. The summed E-state index contributed by atoms with van der Waals surface area (Å²) in [6.45, 7) is 4.21. The Morgan fingerprint density at radius 2 is 2.07 bits per heavy atom.